The Morgan fingerprint density at radius 1 is 1.05 bits per heavy atom. The molecule has 0 saturated carbocycles. The molecule has 9 heteroatoms. The first-order chi connectivity index (χ1) is 19.3. The predicted molar refractivity (Wildman–Crippen MR) is 150 cm³/mol. The molecule has 1 amide bonds. The number of carbonyl (C=O) groups is 1. The van der Waals surface area contributed by atoms with E-state index in [9.17, 15) is 13.6 Å². The average Bonchev–Trinajstić information content (AvgIpc) is 3.39. The van der Waals surface area contributed by atoms with Crippen LogP contribution in [0.2, 0.25) is 0 Å². The number of carbonyl (C=O) groups excluding carboxylic acids is 1. The second-order valence-corrected chi connectivity index (χ2v) is 9.88. The topological polar surface area (TPSA) is 64.1 Å². The molecule has 40 heavy (non-hydrogen) atoms. The van der Waals surface area contributed by atoms with Crippen molar-refractivity contribution in [2.75, 3.05) is 41.0 Å². The van der Waals surface area contributed by atoms with Crippen molar-refractivity contribution in [2.24, 2.45) is 0 Å². The van der Waals surface area contributed by atoms with Gasteiger partial charge in [-0.05, 0) is 68.3 Å². The zero-order chi connectivity index (χ0) is 28.6. The first kappa shape index (κ1) is 29.0. The van der Waals surface area contributed by atoms with Crippen LogP contribution in [0.15, 0.2) is 60.4 Å². The highest BCUT2D eigenvalue weighted by atomic mass is 19.1. The van der Waals surface area contributed by atoms with Crippen LogP contribution >= 0.6 is 0 Å². The summed E-state index contributed by atoms with van der Waals surface area (Å²) in [6, 6.07) is 10.9. The monoisotopic (exact) mass is 551 g/mol. The largest absolute Gasteiger partial charge is 0.493 e. The lowest BCUT2D eigenvalue weighted by Crippen LogP contribution is -2.43. The lowest BCUT2D eigenvalue weighted by Gasteiger charge is -2.31. The number of ether oxygens (including phenoxy) is 3. The Hall–Kier alpha value is -3.98. The Morgan fingerprint density at radius 3 is 2.38 bits per heavy atom. The summed E-state index contributed by atoms with van der Waals surface area (Å²) in [6.07, 6.45) is 7.18. The van der Waals surface area contributed by atoms with Gasteiger partial charge in [0, 0.05) is 55.3 Å². The number of hydrogen-bond acceptors (Lipinski definition) is 6. The Bertz CT molecular complexity index is 1320. The molecule has 0 aliphatic carbocycles. The van der Waals surface area contributed by atoms with Gasteiger partial charge in [0.1, 0.15) is 11.6 Å². The van der Waals surface area contributed by atoms with Gasteiger partial charge in [0.05, 0.1) is 21.3 Å². The van der Waals surface area contributed by atoms with Crippen LogP contribution < -0.4 is 14.2 Å². The van der Waals surface area contributed by atoms with Gasteiger partial charge in [-0.25, -0.2) is 8.78 Å². The molecule has 1 aliphatic heterocycles. The van der Waals surface area contributed by atoms with E-state index in [4.69, 9.17) is 14.2 Å². The molecule has 0 N–H and O–H groups in total. The highest BCUT2D eigenvalue weighted by Gasteiger charge is 2.30. The minimum atomic E-state index is -0.652. The number of likely N-dealkylation sites (tertiary alicyclic amines) is 1. The standard InChI is InChI=1S/C31H35F2N3O4/c1-21(14-23-7-8-25(32)17-27(23)33)18-36(20-26-6-5-13-35(26)19-22-9-11-34-12-10-22)31(37)24-15-28(38-2)30(40-4)29(16-24)39-3/h7-12,14-17,26H,5-6,13,18-20H2,1-4H3/b21-14+/t26-/m1/s1. The number of rotatable bonds is 11. The van der Waals surface area contributed by atoms with Gasteiger partial charge in [0.25, 0.3) is 5.91 Å². The molecule has 3 aromatic rings. The Kier molecular flexibility index (Phi) is 9.71. The lowest BCUT2D eigenvalue weighted by atomic mass is 10.1. The van der Waals surface area contributed by atoms with E-state index in [1.54, 1.807) is 35.5 Å². The van der Waals surface area contributed by atoms with Crippen molar-refractivity contribution in [3.63, 3.8) is 0 Å². The van der Waals surface area contributed by atoms with E-state index in [-0.39, 0.29) is 24.1 Å². The molecule has 1 saturated heterocycles. The van der Waals surface area contributed by atoms with Crippen molar-refractivity contribution in [3.05, 3.63) is 88.8 Å². The van der Waals surface area contributed by atoms with Crippen LogP contribution in [0.5, 0.6) is 17.2 Å². The SMILES string of the molecule is COc1cc(C(=O)N(C/C(C)=C/c2ccc(F)cc2F)C[C@H]2CCCN2Cc2ccncc2)cc(OC)c1OC. The summed E-state index contributed by atoms with van der Waals surface area (Å²) < 4.78 is 44.2. The number of nitrogens with zero attached hydrogens (tertiary/aromatic N) is 3. The number of hydrogen-bond donors (Lipinski definition) is 0. The molecule has 2 heterocycles. The number of benzene rings is 2. The number of aromatic nitrogens is 1. The van der Waals surface area contributed by atoms with Crippen LogP contribution in [-0.4, -0.2) is 67.7 Å². The first-order valence-electron chi connectivity index (χ1n) is 13.2. The summed E-state index contributed by atoms with van der Waals surface area (Å²) in [6.45, 7) is 4.25. The first-order valence-corrected chi connectivity index (χ1v) is 13.2. The van der Waals surface area contributed by atoms with E-state index in [0.717, 1.165) is 43.1 Å². The summed E-state index contributed by atoms with van der Waals surface area (Å²) >= 11 is 0. The summed E-state index contributed by atoms with van der Waals surface area (Å²) in [5, 5.41) is 0. The molecule has 2 aromatic carbocycles. The molecule has 7 nitrogen and oxygen atoms in total. The highest BCUT2D eigenvalue weighted by molar-refractivity contribution is 5.96. The second-order valence-electron chi connectivity index (χ2n) is 9.88. The quantitative estimate of drug-likeness (QED) is 0.309. The van der Waals surface area contributed by atoms with Gasteiger partial charge >= 0.3 is 0 Å². The van der Waals surface area contributed by atoms with Crippen LogP contribution in [0.1, 0.15) is 41.3 Å². The van der Waals surface area contributed by atoms with Gasteiger partial charge in [-0.1, -0.05) is 11.6 Å². The number of amides is 1. The molecule has 0 spiro atoms. The molecule has 1 aliphatic rings. The molecular weight excluding hydrogens is 516 g/mol. The Labute approximate surface area is 234 Å². The van der Waals surface area contributed by atoms with Gasteiger partial charge in [-0.15, -0.1) is 0 Å². The van der Waals surface area contributed by atoms with Crippen LogP contribution in [0.4, 0.5) is 8.78 Å². The Morgan fingerprint density at radius 2 is 1.75 bits per heavy atom. The molecule has 1 atom stereocenters. The zero-order valence-electron chi connectivity index (χ0n) is 23.3. The van der Waals surface area contributed by atoms with Gasteiger partial charge in [-0.3, -0.25) is 14.7 Å². The van der Waals surface area contributed by atoms with Crippen molar-refractivity contribution in [2.45, 2.75) is 32.4 Å². The molecule has 0 bridgehead atoms. The van der Waals surface area contributed by atoms with Crippen molar-refractivity contribution in [1.82, 2.24) is 14.8 Å². The van der Waals surface area contributed by atoms with Crippen LogP contribution in [0.3, 0.4) is 0 Å². The third kappa shape index (κ3) is 6.96. The van der Waals surface area contributed by atoms with Crippen LogP contribution in [-0.2, 0) is 6.54 Å². The molecule has 4 rings (SSSR count). The summed E-state index contributed by atoms with van der Waals surface area (Å²) in [4.78, 5) is 22.3. The van der Waals surface area contributed by atoms with E-state index in [2.05, 4.69) is 9.88 Å². The second kappa shape index (κ2) is 13.4. The van der Waals surface area contributed by atoms with Crippen molar-refractivity contribution in [3.8, 4) is 17.2 Å². The van der Waals surface area contributed by atoms with Gasteiger partial charge < -0.3 is 19.1 Å². The van der Waals surface area contributed by atoms with Gasteiger partial charge in [-0.2, -0.15) is 0 Å². The fourth-order valence-electron chi connectivity index (χ4n) is 5.12. The molecule has 1 aromatic heterocycles. The fourth-order valence-corrected chi connectivity index (χ4v) is 5.12. The van der Waals surface area contributed by atoms with Crippen LogP contribution in [0, 0.1) is 11.6 Å². The van der Waals surface area contributed by atoms with E-state index in [0.29, 0.717) is 29.4 Å². The van der Waals surface area contributed by atoms with Gasteiger partial charge in [0.2, 0.25) is 5.75 Å². The minimum Gasteiger partial charge on any atom is -0.493 e. The summed E-state index contributed by atoms with van der Waals surface area (Å²) in [5.74, 6) is -0.349. The highest BCUT2D eigenvalue weighted by Crippen LogP contribution is 2.38. The zero-order valence-corrected chi connectivity index (χ0v) is 23.3. The number of pyridine rings is 1. The summed E-state index contributed by atoms with van der Waals surface area (Å²) in [5.41, 5.74) is 2.56. The average molecular weight is 552 g/mol. The van der Waals surface area contributed by atoms with Crippen molar-refractivity contribution < 1.29 is 27.8 Å². The third-order valence-electron chi connectivity index (χ3n) is 7.07. The number of halogens is 2. The van der Waals surface area contributed by atoms with Crippen molar-refractivity contribution >= 4 is 12.0 Å². The molecule has 1 fully saturated rings. The molecule has 212 valence electrons. The fraction of sp³-hybridized carbons (Fsp3) is 0.355. The third-order valence-corrected chi connectivity index (χ3v) is 7.07. The van der Waals surface area contributed by atoms with Crippen molar-refractivity contribution in [1.29, 1.82) is 0 Å². The molecule has 0 unspecified atom stereocenters. The number of methoxy groups -OCH3 is 3. The predicted octanol–water partition coefficient (Wildman–Crippen LogP) is 5.60. The molecule has 0 radical (unpaired) electrons. The Balaban J connectivity index is 1.64. The van der Waals surface area contributed by atoms with E-state index in [1.807, 2.05) is 19.1 Å². The van der Waals surface area contributed by atoms with E-state index >= 15 is 0 Å². The van der Waals surface area contributed by atoms with E-state index in [1.165, 1.54) is 33.5 Å². The summed E-state index contributed by atoms with van der Waals surface area (Å²) in [7, 11) is 4.51. The van der Waals surface area contributed by atoms with Crippen LogP contribution in [0.25, 0.3) is 6.08 Å². The maximum atomic E-state index is 14.4. The normalized spacial score (nSPS) is 15.7. The minimum absolute atomic E-state index is 0.134. The maximum Gasteiger partial charge on any atom is 0.254 e. The van der Waals surface area contributed by atoms with E-state index < -0.39 is 11.6 Å². The molecular formula is C31H35F2N3O4. The van der Waals surface area contributed by atoms with Gasteiger partial charge in [0.15, 0.2) is 11.5 Å². The lowest BCUT2D eigenvalue weighted by molar-refractivity contribution is 0.0718. The smallest absolute Gasteiger partial charge is 0.254 e. The maximum absolute atomic E-state index is 14.4.